The summed E-state index contributed by atoms with van der Waals surface area (Å²) in [6, 6.07) is 7.93. The van der Waals surface area contributed by atoms with Gasteiger partial charge >= 0.3 is 6.03 Å². The van der Waals surface area contributed by atoms with Gasteiger partial charge in [0.15, 0.2) is 0 Å². The van der Waals surface area contributed by atoms with Crippen LogP contribution in [0.15, 0.2) is 30.8 Å². The van der Waals surface area contributed by atoms with Crippen LogP contribution in [0.2, 0.25) is 0 Å². The summed E-state index contributed by atoms with van der Waals surface area (Å²) in [4.78, 5) is 12.0. The third-order valence-corrected chi connectivity index (χ3v) is 3.46. The molecule has 0 atom stereocenters. The fraction of sp³-hybridized carbons (Fsp3) is 0.500. The fourth-order valence-corrected chi connectivity index (χ4v) is 2.09. The monoisotopic (exact) mass is 304 g/mol. The standard InChI is InChI=1S/C18H28N2O2/c1-6-22-12-8-11-19-17(21)20-18(4,5)16-10-7-9-15(13-16)14(2)3/h7,9-10,13H,2,6,8,11-12H2,1,3-5H3,(H2,19,20,21). The summed E-state index contributed by atoms with van der Waals surface area (Å²) in [6.07, 6.45) is 0.812. The Labute approximate surface area is 133 Å². The number of hydrogen-bond acceptors (Lipinski definition) is 2. The molecule has 0 saturated heterocycles. The Morgan fingerprint density at radius 3 is 2.73 bits per heavy atom. The third-order valence-electron chi connectivity index (χ3n) is 3.46. The number of nitrogens with one attached hydrogen (secondary N) is 2. The minimum Gasteiger partial charge on any atom is -0.382 e. The van der Waals surface area contributed by atoms with Crippen molar-refractivity contribution in [3.8, 4) is 0 Å². The molecule has 4 heteroatoms. The van der Waals surface area contributed by atoms with Gasteiger partial charge in [-0.25, -0.2) is 4.79 Å². The number of carbonyl (C=O) groups excluding carboxylic acids is 1. The molecule has 0 aliphatic heterocycles. The average molecular weight is 304 g/mol. The zero-order valence-corrected chi connectivity index (χ0v) is 14.2. The predicted molar refractivity (Wildman–Crippen MR) is 91.8 cm³/mol. The highest BCUT2D eigenvalue weighted by Crippen LogP contribution is 2.23. The summed E-state index contributed by atoms with van der Waals surface area (Å²) in [5, 5.41) is 5.87. The van der Waals surface area contributed by atoms with Crippen molar-refractivity contribution in [2.24, 2.45) is 0 Å². The smallest absolute Gasteiger partial charge is 0.315 e. The van der Waals surface area contributed by atoms with Crippen LogP contribution in [0.4, 0.5) is 4.79 Å². The van der Waals surface area contributed by atoms with Gasteiger partial charge in [-0.05, 0) is 51.3 Å². The molecule has 0 bridgehead atoms. The first-order chi connectivity index (χ1) is 10.4. The van der Waals surface area contributed by atoms with Crippen molar-refractivity contribution in [1.82, 2.24) is 10.6 Å². The van der Waals surface area contributed by atoms with Crippen LogP contribution >= 0.6 is 0 Å². The van der Waals surface area contributed by atoms with E-state index >= 15 is 0 Å². The summed E-state index contributed by atoms with van der Waals surface area (Å²) < 4.78 is 5.24. The lowest BCUT2D eigenvalue weighted by molar-refractivity contribution is 0.145. The molecular weight excluding hydrogens is 276 g/mol. The lowest BCUT2D eigenvalue weighted by Gasteiger charge is -2.27. The molecule has 122 valence electrons. The Hall–Kier alpha value is -1.81. The SMILES string of the molecule is C=C(C)c1cccc(C(C)(C)NC(=O)NCCCOCC)c1. The first-order valence-corrected chi connectivity index (χ1v) is 7.77. The van der Waals surface area contributed by atoms with Crippen LogP contribution in [0.5, 0.6) is 0 Å². The van der Waals surface area contributed by atoms with Gasteiger partial charge in [-0.1, -0.05) is 30.4 Å². The van der Waals surface area contributed by atoms with Crippen molar-refractivity contribution in [2.45, 2.75) is 39.7 Å². The Bertz CT molecular complexity index is 510. The minimum absolute atomic E-state index is 0.165. The first-order valence-electron chi connectivity index (χ1n) is 7.77. The van der Waals surface area contributed by atoms with E-state index < -0.39 is 5.54 Å². The molecule has 2 N–H and O–H groups in total. The topological polar surface area (TPSA) is 50.4 Å². The van der Waals surface area contributed by atoms with Gasteiger partial charge in [0.05, 0.1) is 5.54 Å². The van der Waals surface area contributed by atoms with Crippen molar-refractivity contribution >= 4 is 11.6 Å². The number of rotatable bonds is 8. The quantitative estimate of drug-likeness (QED) is 0.720. The lowest BCUT2D eigenvalue weighted by atomic mass is 9.92. The number of carbonyl (C=O) groups is 1. The van der Waals surface area contributed by atoms with Crippen LogP contribution < -0.4 is 10.6 Å². The molecule has 0 aliphatic rings. The Balaban J connectivity index is 2.57. The molecule has 0 fully saturated rings. The second-order valence-corrected chi connectivity index (χ2v) is 5.92. The molecule has 0 unspecified atom stereocenters. The third kappa shape index (κ3) is 5.90. The normalized spacial score (nSPS) is 11.1. The second kappa shape index (κ2) is 8.59. The molecule has 4 nitrogen and oxygen atoms in total. The van der Waals surface area contributed by atoms with Crippen molar-refractivity contribution < 1.29 is 9.53 Å². The fourth-order valence-electron chi connectivity index (χ4n) is 2.09. The Kier molecular flexibility index (Phi) is 7.12. The number of hydrogen-bond donors (Lipinski definition) is 2. The molecule has 0 radical (unpaired) electrons. The average Bonchev–Trinajstić information content (AvgIpc) is 2.46. The maximum absolute atomic E-state index is 12.0. The van der Waals surface area contributed by atoms with Crippen molar-refractivity contribution in [2.75, 3.05) is 19.8 Å². The number of ether oxygens (including phenoxy) is 1. The van der Waals surface area contributed by atoms with Crippen LogP contribution in [0.3, 0.4) is 0 Å². The van der Waals surface area contributed by atoms with E-state index in [1.165, 1.54) is 0 Å². The number of allylic oxidation sites excluding steroid dienone is 1. The van der Waals surface area contributed by atoms with E-state index in [1.54, 1.807) is 0 Å². The van der Waals surface area contributed by atoms with Gasteiger partial charge in [-0.3, -0.25) is 0 Å². The largest absolute Gasteiger partial charge is 0.382 e. The van der Waals surface area contributed by atoms with Gasteiger partial charge in [0, 0.05) is 19.8 Å². The summed E-state index contributed by atoms with van der Waals surface area (Å²) >= 11 is 0. The van der Waals surface area contributed by atoms with Crippen molar-refractivity contribution in [1.29, 1.82) is 0 Å². The van der Waals surface area contributed by atoms with Gasteiger partial charge in [-0.2, -0.15) is 0 Å². The van der Waals surface area contributed by atoms with E-state index in [-0.39, 0.29) is 6.03 Å². The first kappa shape index (κ1) is 18.2. The zero-order valence-electron chi connectivity index (χ0n) is 14.2. The minimum atomic E-state index is -0.449. The van der Waals surface area contributed by atoms with Crippen molar-refractivity contribution in [3.05, 3.63) is 42.0 Å². The molecule has 0 heterocycles. The Morgan fingerprint density at radius 1 is 1.36 bits per heavy atom. The van der Waals surface area contributed by atoms with Crippen LogP contribution in [0, 0.1) is 0 Å². The molecule has 1 rings (SSSR count). The highest BCUT2D eigenvalue weighted by atomic mass is 16.5. The molecule has 1 aromatic rings. The van der Waals surface area contributed by atoms with Crippen molar-refractivity contribution in [3.63, 3.8) is 0 Å². The van der Waals surface area contributed by atoms with Crippen LogP contribution in [-0.2, 0) is 10.3 Å². The van der Waals surface area contributed by atoms with E-state index in [1.807, 2.05) is 45.9 Å². The highest BCUT2D eigenvalue weighted by molar-refractivity contribution is 5.75. The number of urea groups is 1. The molecule has 1 aromatic carbocycles. The molecule has 22 heavy (non-hydrogen) atoms. The highest BCUT2D eigenvalue weighted by Gasteiger charge is 2.22. The maximum Gasteiger partial charge on any atom is 0.315 e. The van der Waals surface area contributed by atoms with Crippen LogP contribution in [0.25, 0.3) is 5.57 Å². The van der Waals surface area contributed by atoms with E-state index in [0.29, 0.717) is 19.8 Å². The summed E-state index contributed by atoms with van der Waals surface area (Å²) in [5.41, 5.74) is 2.70. The second-order valence-electron chi connectivity index (χ2n) is 5.92. The van der Waals surface area contributed by atoms with E-state index in [0.717, 1.165) is 23.1 Å². The van der Waals surface area contributed by atoms with Gasteiger partial charge in [-0.15, -0.1) is 0 Å². The maximum atomic E-state index is 12.0. The molecular formula is C18H28N2O2. The van der Waals surface area contributed by atoms with Gasteiger partial charge in [0.25, 0.3) is 0 Å². The molecule has 0 spiro atoms. The van der Waals surface area contributed by atoms with E-state index in [2.05, 4.69) is 23.3 Å². The van der Waals surface area contributed by atoms with Crippen LogP contribution in [0.1, 0.15) is 45.2 Å². The number of amides is 2. The van der Waals surface area contributed by atoms with Gasteiger partial charge < -0.3 is 15.4 Å². The molecule has 0 aliphatic carbocycles. The predicted octanol–water partition coefficient (Wildman–Crippen LogP) is 3.68. The van der Waals surface area contributed by atoms with E-state index in [9.17, 15) is 4.79 Å². The zero-order chi connectivity index (χ0) is 16.6. The summed E-state index contributed by atoms with van der Waals surface area (Å²) in [7, 11) is 0. The van der Waals surface area contributed by atoms with E-state index in [4.69, 9.17) is 4.74 Å². The van der Waals surface area contributed by atoms with Gasteiger partial charge in [0.1, 0.15) is 0 Å². The molecule has 0 aromatic heterocycles. The Morgan fingerprint density at radius 2 is 2.09 bits per heavy atom. The molecule has 2 amide bonds. The lowest BCUT2D eigenvalue weighted by Crippen LogP contribution is -2.46. The molecule has 0 saturated carbocycles. The summed E-state index contributed by atoms with van der Waals surface area (Å²) in [5.74, 6) is 0. The number of benzene rings is 1. The summed E-state index contributed by atoms with van der Waals surface area (Å²) in [6.45, 7) is 13.9. The van der Waals surface area contributed by atoms with Crippen LogP contribution in [-0.4, -0.2) is 25.8 Å². The van der Waals surface area contributed by atoms with Gasteiger partial charge in [0.2, 0.25) is 0 Å².